The van der Waals surface area contributed by atoms with Crippen molar-refractivity contribution in [2.24, 2.45) is 0 Å². The van der Waals surface area contributed by atoms with Crippen molar-refractivity contribution >= 4 is 16.6 Å². The maximum absolute atomic E-state index is 11.0. The molecular formula is C13H14N2O5. The fourth-order valence-electron chi connectivity index (χ4n) is 2.63. The van der Waals surface area contributed by atoms with E-state index in [-0.39, 0.29) is 12.3 Å². The van der Waals surface area contributed by atoms with Crippen LogP contribution in [0.2, 0.25) is 0 Å². The standard InChI is InChI=1S/C13H14N2O5/c16-7-12-11(17)6-13(20-12)14-5-4-8-9(14)2-1-3-10(8)15(18)19/h1-5,11-13,16-17H,6-7H2/t11-,12-,13-/m1/s1. The van der Waals surface area contributed by atoms with Crippen LogP contribution in [-0.2, 0) is 4.74 Å². The molecule has 0 spiro atoms. The summed E-state index contributed by atoms with van der Waals surface area (Å²) in [6.45, 7) is -0.253. The zero-order valence-electron chi connectivity index (χ0n) is 10.5. The van der Waals surface area contributed by atoms with Crippen LogP contribution in [0.5, 0.6) is 0 Å². The van der Waals surface area contributed by atoms with Crippen molar-refractivity contribution in [3.8, 4) is 0 Å². The molecule has 3 rings (SSSR count). The topological polar surface area (TPSA) is 97.8 Å². The Bertz CT molecular complexity index is 653. The summed E-state index contributed by atoms with van der Waals surface area (Å²) < 4.78 is 7.32. The number of hydrogen-bond acceptors (Lipinski definition) is 5. The number of benzene rings is 1. The molecule has 0 unspecified atom stereocenters. The van der Waals surface area contributed by atoms with Gasteiger partial charge < -0.3 is 19.5 Å². The van der Waals surface area contributed by atoms with Gasteiger partial charge in [0, 0.05) is 18.7 Å². The first-order valence-electron chi connectivity index (χ1n) is 6.30. The normalized spacial score (nSPS) is 26.2. The Balaban J connectivity index is 2.02. The van der Waals surface area contributed by atoms with Crippen molar-refractivity contribution < 1.29 is 19.9 Å². The molecule has 20 heavy (non-hydrogen) atoms. The molecule has 2 N–H and O–H groups in total. The zero-order chi connectivity index (χ0) is 14.3. The van der Waals surface area contributed by atoms with E-state index in [1.54, 1.807) is 29.0 Å². The molecule has 1 fully saturated rings. The van der Waals surface area contributed by atoms with Crippen LogP contribution in [0.25, 0.3) is 10.9 Å². The van der Waals surface area contributed by atoms with E-state index >= 15 is 0 Å². The number of nitro benzene ring substituents is 1. The van der Waals surface area contributed by atoms with Gasteiger partial charge in [0.15, 0.2) is 0 Å². The second-order valence-corrected chi connectivity index (χ2v) is 4.80. The van der Waals surface area contributed by atoms with Crippen molar-refractivity contribution in [2.45, 2.75) is 24.9 Å². The molecule has 2 heterocycles. The Morgan fingerprint density at radius 2 is 2.25 bits per heavy atom. The number of rotatable bonds is 3. The molecule has 0 bridgehead atoms. The minimum atomic E-state index is -0.735. The van der Waals surface area contributed by atoms with Crippen LogP contribution in [0.3, 0.4) is 0 Å². The summed E-state index contributed by atoms with van der Waals surface area (Å²) in [5.41, 5.74) is 0.716. The lowest BCUT2D eigenvalue weighted by molar-refractivity contribution is -0.383. The maximum Gasteiger partial charge on any atom is 0.278 e. The summed E-state index contributed by atoms with van der Waals surface area (Å²) in [6.07, 6.45) is 0.269. The zero-order valence-corrected chi connectivity index (χ0v) is 10.5. The molecule has 106 valence electrons. The molecule has 0 amide bonds. The van der Waals surface area contributed by atoms with Gasteiger partial charge in [0.1, 0.15) is 12.3 Å². The van der Waals surface area contributed by atoms with Crippen molar-refractivity contribution in [2.75, 3.05) is 6.61 Å². The molecule has 7 nitrogen and oxygen atoms in total. The van der Waals surface area contributed by atoms with Gasteiger partial charge in [-0.3, -0.25) is 10.1 Å². The fourth-order valence-corrected chi connectivity index (χ4v) is 2.63. The molecule has 0 aliphatic carbocycles. The van der Waals surface area contributed by atoms with Crippen molar-refractivity contribution in [1.29, 1.82) is 0 Å². The van der Waals surface area contributed by atoms with E-state index in [9.17, 15) is 15.2 Å². The first-order chi connectivity index (χ1) is 9.61. The number of nitrogens with zero attached hydrogens (tertiary/aromatic N) is 2. The first kappa shape index (κ1) is 13.0. The van der Waals surface area contributed by atoms with E-state index < -0.39 is 23.4 Å². The van der Waals surface area contributed by atoms with Crippen LogP contribution >= 0.6 is 0 Å². The fraction of sp³-hybridized carbons (Fsp3) is 0.385. The summed E-state index contributed by atoms with van der Waals surface area (Å²) in [6, 6.07) is 6.50. The monoisotopic (exact) mass is 278 g/mol. The van der Waals surface area contributed by atoms with Gasteiger partial charge in [-0.1, -0.05) is 6.07 Å². The predicted octanol–water partition coefficient (Wildman–Crippen LogP) is 1.19. The van der Waals surface area contributed by atoms with Crippen LogP contribution < -0.4 is 0 Å². The Morgan fingerprint density at radius 3 is 2.90 bits per heavy atom. The van der Waals surface area contributed by atoms with Gasteiger partial charge in [-0.15, -0.1) is 0 Å². The molecular weight excluding hydrogens is 264 g/mol. The number of non-ortho nitro benzene ring substituents is 1. The summed E-state index contributed by atoms with van der Waals surface area (Å²) in [4.78, 5) is 10.6. The third kappa shape index (κ3) is 1.96. The summed E-state index contributed by atoms with van der Waals surface area (Å²) in [5, 5.41) is 30.4. The Morgan fingerprint density at radius 1 is 1.45 bits per heavy atom. The van der Waals surface area contributed by atoms with Crippen molar-refractivity contribution in [3.63, 3.8) is 0 Å². The van der Waals surface area contributed by atoms with Crippen LogP contribution in [0.15, 0.2) is 30.5 Å². The Hall–Kier alpha value is -1.96. The van der Waals surface area contributed by atoms with Crippen LogP contribution in [0.4, 0.5) is 5.69 Å². The van der Waals surface area contributed by atoms with E-state index in [2.05, 4.69) is 0 Å². The first-order valence-corrected chi connectivity index (χ1v) is 6.30. The summed E-state index contributed by atoms with van der Waals surface area (Å²) in [5.74, 6) is 0. The Kier molecular flexibility index (Phi) is 3.17. The number of nitro groups is 1. The largest absolute Gasteiger partial charge is 0.394 e. The van der Waals surface area contributed by atoms with E-state index in [1.807, 2.05) is 0 Å². The van der Waals surface area contributed by atoms with Gasteiger partial charge in [-0.25, -0.2) is 0 Å². The number of aromatic nitrogens is 1. The number of aliphatic hydroxyl groups is 2. The smallest absolute Gasteiger partial charge is 0.278 e. The molecule has 2 aromatic rings. The SMILES string of the molecule is O=[N+]([O-])c1cccc2c1ccn2[C@H]1C[C@@H](O)[C@@H](CO)O1. The molecule has 1 aromatic heterocycles. The number of hydrogen-bond donors (Lipinski definition) is 2. The molecule has 1 aliphatic heterocycles. The van der Waals surface area contributed by atoms with Crippen LogP contribution in [-0.4, -0.2) is 38.5 Å². The minimum Gasteiger partial charge on any atom is -0.394 e. The lowest BCUT2D eigenvalue weighted by Crippen LogP contribution is -2.24. The van der Waals surface area contributed by atoms with E-state index in [0.29, 0.717) is 17.3 Å². The highest BCUT2D eigenvalue weighted by atomic mass is 16.6. The molecule has 1 aromatic carbocycles. The van der Waals surface area contributed by atoms with Crippen LogP contribution in [0, 0.1) is 10.1 Å². The average Bonchev–Trinajstić information content (AvgIpc) is 3.01. The summed E-state index contributed by atoms with van der Waals surface area (Å²) >= 11 is 0. The Labute approximate surface area is 114 Å². The molecule has 0 saturated carbocycles. The third-order valence-corrected chi connectivity index (χ3v) is 3.63. The van der Waals surface area contributed by atoms with E-state index in [0.717, 1.165) is 0 Å². The molecule has 1 aliphatic rings. The number of ether oxygens (including phenoxy) is 1. The van der Waals surface area contributed by atoms with Gasteiger partial charge in [0.25, 0.3) is 5.69 Å². The molecule has 1 saturated heterocycles. The van der Waals surface area contributed by atoms with E-state index in [4.69, 9.17) is 9.84 Å². The maximum atomic E-state index is 11.0. The second kappa shape index (κ2) is 4.86. The lowest BCUT2D eigenvalue weighted by atomic mass is 10.2. The lowest BCUT2D eigenvalue weighted by Gasteiger charge is -2.14. The van der Waals surface area contributed by atoms with E-state index in [1.165, 1.54) is 6.07 Å². The highest BCUT2D eigenvalue weighted by molar-refractivity contribution is 5.89. The highest BCUT2D eigenvalue weighted by Crippen LogP contribution is 2.34. The molecule has 0 radical (unpaired) electrons. The predicted molar refractivity (Wildman–Crippen MR) is 70.2 cm³/mol. The van der Waals surface area contributed by atoms with Crippen molar-refractivity contribution in [3.05, 3.63) is 40.6 Å². The quantitative estimate of drug-likeness (QED) is 0.649. The van der Waals surface area contributed by atoms with Gasteiger partial charge in [0.05, 0.1) is 28.5 Å². The second-order valence-electron chi connectivity index (χ2n) is 4.80. The third-order valence-electron chi connectivity index (χ3n) is 3.63. The number of fused-ring (bicyclic) bond motifs is 1. The minimum absolute atomic E-state index is 0.0403. The van der Waals surface area contributed by atoms with Gasteiger partial charge >= 0.3 is 0 Å². The average molecular weight is 278 g/mol. The van der Waals surface area contributed by atoms with Crippen molar-refractivity contribution in [1.82, 2.24) is 4.57 Å². The molecule has 7 heteroatoms. The van der Waals surface area contributed by atoms with Gasteiger partial charge in [-0.2, -0.15) is 0 Å². The molecule has 3 atom stereocenters. The van der Waals surface area contributed by atoms with Gasteiger partial charge in [0.2, 0.25) is 0 Å². The van der Waals surface area contributed by atoms with Crippen LogP contribution in [0.1, 0.15) is 12.6 Å². The highest BCUT2D eigenvalue weighted by Gasteiger charge is 2.35. The number of aliphatic hydroxyl groups excluding tert-OH is 2. The van der Waals surface area contributed by atoms with Gasteiger partial charge in [-0.05, 0) is 12.1 Å². The summed E-state index contributed by atoms with van der Waals surface area (Å²) in [7, 11) is 0.